The molecule has 158 valence electrons. The second-order valence-corrected chi connectivity index (χ2v) is 7.97. The van der Waals surface area contributed by atoms with Crippen LogP contribution >= 0.6 is 0 Å². The van der Waals surface area contributed by atoms with Crippen LogP contribution in [0.1, 0.15) is 41.7 Å². The molecule has 3 heterocycles. The highest BCUT2D eigenvalue weighted by Crippen LogP contribution is 2.48. The number of rotatable bonds is 3. The maximum absolute atomic E-state index is 12.8. The molecule has 0 saturated heterocycles. The molecule has 1 amide bonds. The Hall–Kier alpha value is -3.72. The van der Waals surface area contributed by atoms with E-state index in [4.69, 9.17) is 4.74 Å². The Morgan fingerprint density at radius 3 is 2.65 bits per heavy atom. The molecule has 0 bridgehead atoms. The summed E-state index contributed by atoms with van der Waals surface area (Å²) < 4.78 is 7.83. The predicted octanol–water partition coefficient (Wildman–Crippen LogP) is 1.82. The van der Waals surface area contributed by atoms with Gasteiger partial charge in [-0.1, -0.05) is 18.2 Å². The molecule has 9 nitrogen and oxygen atoms in total. The third-order valence-corrected chi connectivity index (χ3v) is 6.07. The summed E-state index contributed by atoms with van der Waals surface area (Å²) in [5, 5.41) is 30.3. The maximum Gasteiger partial charge on any atom is 0.345 e. The SMILES string of the molecule is O=C1OC2(CCC(O)(C(=O)Nc3cnn(-c4ccccc4)c3)CC2)c2c1ccc[n+]2[O-]. The van der Waals surface area contributed by atoms with Crippen molar-refractivity contribution in [1.82, 2.24) is 9.78 Å². The van der Waals surface area contributed by atoms with Crippen LogP contribution in [0.3, 0.4) is 0 Å². The summed E-state index contributed by atoms with van der Waals surface area (Å²) in [4.78, 5) is 25.1. The van der Waals surface area contributed by atoms with E-state index in [9.17, 15) is 19.9 Å². The van der Waals surface area contributed by atoms with Crippen molar-refractivity contribution in [2.24, 2.45) is 0 Å². The minimum Gasteiger partial charge on any atom is -0.618 e. The topological polar surface area (TPSA) is 120 Å². The van der Waals surface area contributed by atoms with Gasteiger partial charge < -0.3 is 20.4 Å². The minimum absolute atomic E-state index is 0.0489. The summed E-state index contributed by atoms with van der Waals surface area (Å²) in [5.41, 5.74) is -0.961. The molecule has 0 unspecified atom stereocenters. The van der Waals surface area contributed by atoms with Crippen LogP contribution in [0.2, 0.25) is 0 Å². The summed E-state index contributed by atoms with van der Waals surface area (Å²) in [5.74, 6) is -1.11. The first-order valence-electron chi connectivity index (χ1n) is 10.0. The number of esters is 1. The first-order chi connectivity index (χ1) is 14.9. The van der Waals surface area contributed by atoms with Gasteiger partial charge in [0, 0.05) is 18.9 Å². The number of fused-ring (bicyclic) bond motifs is 2. The van der Waals surface area contributed by atoms with Crippen molar-refractivity contribution in [3.8, 4) is 5.69 Å². The number of carbonyl (C=O) groups is 2. The van der Waals surface area contributed by atoms with Crippen molar-refractivity contribution in [2.75, 3.05) is 5.32 Å². The van der Waals surface area contributed by atoms with Gasteiger partial charge in [0.25, 0.3) is 11.6 Å². The Morgan fingerprint density at radius 1 is 1.16 bits per heavy atom. The van der Waals surface area contributed by atoms with Crippen LogP contribution in [0.25, 0.3) is 5.69 Å². The molecule has 1 aliphatic carbocycles. The quantitative estimate of drug-likeness (QED) is 0.379. The van der Waals surface area contributed by atoms with E-state index in [1.807, 2.05) is 30.3 Å². The lowest BCUT2D eigenvalue weighted by Gasteiger charge is -2.38. The molecule has 2 N–H and O–H groups in total. The minimum atomic E-state index is -1.64. The van der Waals surface area contributed by atoms with E-state index in [1.54, 1.807) is 16.9 Å². The van der Waals surface area contributed by atoms with Crippen LogP contribution in [0.4, 0.5) is 5.69 Å². The summed E-state index contributed by atoms with van der Waals surface area (Å²) >= 11 is 0. The standard InChI is InChI=1S/C22H20N4O5/c27-19-17-7-4-12-26(30)18(17)22(31-19)10-8-21(29,9-11-22)20(28)24-15-13-23-25(14-15)16-5-2-1-3-6-16/h1-7,12-14,29H,8-11H2,(H,24,28). The van der Waals surface area contributed by atoms with Gasteiger partial charge >= 0.3 is 5.97 Å². The summed E-state index contributed by atoms with van der Waals surface area (Å²) in [6.45, 7) is 0. The predicted molar refractivity (Wildman–Crippen MR) is 108 cm³/mol. The highest BCUT2D eigenvalue weighted by molar-refractivity contribution is 5.97. The molecular weight excluding hydrogens is 400 g/mol. The van der Waals surface area contributed by atoms with Crippen LogP contribution in [-0.2, 0) is 15.1 Å². The molecule has 3 aromatic rings. The lowest BCUT2D eigenvalue weighted by Crippen LogP contribution is -2.51. The van der Waals surface area contributed by atoms with E-state index in [0.717, 1.165) is 5.69 Å². The van der Waals surface area contributed by atoms with Crippen molar-refractivity contribution in [3.05, 3.63) is 77.5 Å². The molecule has 31 heavy (non-hydrogen) atoms. The average molecular weight is 420 g/mol. The number of aliphatic hydroxyl groups is 1. The van der Waals surface area contributed by atoms with Gasteiger partial charge in [-0.05, 0) is 31.0 Å². The monoisotopic (exact) mass is 420 g/mol. The van der Waals surface area contributed by atoms with Crippen LogP contribution < -0.4 is 10.0 Å². The number of hydrogen-bond donors (Lipinski definition) is 2. The fraction of sp³-hybridized carbons (Fsp3) is 0.273. The van der Waals surface area contributed by atoms with Crippen LogP contribution in [-0.4, -0.2) is 32.4 Å². The molecule has 2 aromatic heterocycles. The zero-order valence-corrected chi connectivity index (χ0v) is 16.5. The molecule has 5 rings (SSSR count). The third-order valence-electron chi connectivity index (χ3n) is 6.07. The second kappa shape index (κ2) is 6.92. The number of nitrogens with one attached hydrogen (secondary N) is 1. The molecule has 0 radical (unpaired) electrons. The van der Waals surface area contributed by atoms with Gasteiger partial charge in [0.15, 0.2) is 11.8 Å². The van der Waals surface area contributed by atoms with Crippen LogP contribution in [0.15, 0.2) is 61.1 Å². The highest BCUT2D eigenvalue weighted by Gasteiger charge is 2.57. The van der Waals surface area contributed by atoms with Crippen molar-refractivity contribution in [2.45, 2.75) is 36.9 Å². The van der Waals surface area contributed by atoms with E-state index in [2.05, 4.69) is 10.4 Å². The van der Waals surface area contributed by atoms with Crippen molar-refractivity contribution < 1.29 is 24.2 Å². The molecule has 9 heteroatoms. The molecule has 1 saturated carbocycles. The van der Waals surface area contributed by atoms with Gasteiger partial charge in [0.1, 0.15) is 11.2 Å². The van der Waals surface area contributed by atoms with E-state index < -0.39 is 23.1 Å². The van der Waals surface area contributed by atoms with Crippen LogP contribution in [0, 0.1) is 5.21 Å². The molecular formula is C22H20N4O5. The number of amides is 1. The Kier molecular flexibility index (Phi) is 4.30. The number of benzene rings is 1. The van der Waals surface area contributed by atoms with Gasteiger partial charge in [0.2, 0.25) is 0 Å². The maximum atomic E-state index is 12.8. The molecule has 2 aliphatic rings. The Balaban J connectivity index is 1.31. The van der Waals surface area contributed by atoms with Crippen molar-refractivity contribution in [3.63, 3.8) is 0 Å². The molecule has 1 aromatic carbocycles. The van der Waals surface area contributed by atoms with Gasteiger partial charge in [0.05, 0.1) is 23.8 Å². The zero-order valence-electron chi connectivity index (χ0n) is 16.5. The summed E-state index contributed by atoms with van der Waals surface area (Å²) in [7, 11) is 0. The third kappa shape index (κ3) is 3.14. The fourth-order valence-corrected chi connectivity index (χ4v) is 4.37. The summed E-state index contributed by atoms with van der Waals surface area (Å²) in [6.07, 6.45) is 4.93. The lowest BCUT2D eigenvalue weighted by atomic mass is 9.74. The number of para-hydroxylation sites is 1. The number of ether oxygens (including phenoxy) is 1. The average Bonchev–Trinajstić information content (AvgIpc) is 3.35. The van der Waals surface area contributed by atoms with Gasteiger partial charge in [-0.25, -0.2) is 9.48 Å². The molecule has 1 fully saturated rings. The fourth-order valence-electron chi connectivity index (χ4n) is 4.37. The molecule has 0 atom stereocenters. The second-order valence-electron chi connectivity index (χ2n) is 7.97. The Morgan fingerprint density at radius 2 is 1.90 bits per heavy atom. The molecule has 1 spiro atoms. The van der Waals surface area contributed by atoms with E-state index in [0.29, 0.717) is 10.4 Å². The Bertz CT molecular complexity index is 1170. The largest absolute Gasteiger partial charge is 0.618 e. The van der Waals surface area contributed by atoms with E-state index >= 15 is 0 Å². The first-order valence-corrected chi connectivity index (χ1v) is 10.0. The van der Waals surface area contributed by atoms with Crippen LogP contribution in [0.5, 0.6) is 0 Å². The number of anilines is 1. The highest BCUT2D eigenvalue weighted by atomic mass is 16.6. The van der Waals surface area contributed by atoms with E-state index in [-0.39, 0.29) is 36.9 Å². The lowest BCUT2D eigenvalue weighted by molar-refractivity contribution is -0.621. The normalized spacial score (nSPS) is 24.6. The van der Waals surface area contributed by atoms with Gasteiger partial charge in [-0.3, -0.25) is 4.79 Å². The van der Waals surface area contributed by atoms with Crippen molar-refractivity contribution >= 4 is 17.6 Å². The Labute approximate surface area is 177 Å². The van der Waals surface area contributed by atoms with E-state index in [1.165, 1.54) is 18.5 Å². The smallest absolute Gasteiger partial charge is 0.345 e. The van der Waals surface area contributed by atoms with Gasteiger partial charge in [-0.2, -0.15) is 9.83 Å². The van der Waals surface area contributed by atoms with Crippen molar-refractivity contribution in [1.29, 1.82) is 0 Å². The number of aromatic nitrogens is 3. The van der Waals surface area contributed by atoms with Gasteiger partial charge in [-0.15, -0.1) is 0 Å². The first kappa shape index (κ1) is 19.3. The molecule has 1 aliphatic heterocycles. The number of nitrogens with zero attached hydrogens (tertiary/aromatic N) is 3. The zero-order chi connectivity index (χ0) is 21.6. The number of hydrogen-bond acceptors (Lipinski definition) is 6. The number of carbonyl (C=O) groups excluding carboxylic acids is 2. The summed E-state index contributed by atoms with van der Waals surface area (Å²) in [6, 6.07) is 12.5. The number of pyridine rings is 1.